The fourth-order valence-electron chi connectivity index (χ4n) is 1.99. The highest BCUT2D eigenvalue weighted by Gasteiger charge is 2.16. The van der Waals surface area contributed by atoms with Gasteiger partial charge in [-0.1, -0.05) is 28.0 Å². The van der Waals surface area contributed by atoms with E-state index < -0.39 is 17.9 Å². The normalized spacial score (nSPS) is 12.0. The average molecular weight is 344 g/mol. The third kappa shape index (κ3) is 5.45. The minimum absolute atomic E-state index is 0.287. The minimum atomic E-state index is -0.901. The predicted molar refractivity (Wildman–Crippen MR) is 93.5 cm³/mol. The van der Waals surface area contributed by atoms with E-state index in [2.05, 4.69) is 20.9 Å². The number of carbonyl (C=O) groups excluding carboxylic acids is 2. The van der Waals surface area contributed by atoms with Crippen LogP contribution in [-0.4, -0.2) is 29.3 Å². The number of carbonyl (C=O) groups is 2. The maximum Gasteiger partial charge on any atom is 0.270 e. The van der Waals surface area contributed by atoms with Crippen molar-refractivity contribution in [2.45, 2.75) is 33.8 Å². The van der Waals surface area contributed by atoms with Crippen molar-refractivity contribution in [3.63, 3.8) is 0 Å². The largest absolute Gasteiger partial charge is 0.383 e. The zero-order valence-corrected chi connectivity index (χ0v) is 14.5. The molecule has 0 spiro atoms. The highest BCUT2D eigenvalue weighted by atomic mass is 16.6. The van der Waals surface area contributed by atoms with Crippen molar-refractivity contribution in [3.05, 3.63) is 41.2 Å². The molecule has 2 amide bonds. The molecule has 25 heavy (non-hydrogen) atoms. The number of nitrogens with one attached hydrogen (secondary N) is 2. The summed E-state index contributed by atoms with van der Waals surface area (Å²) in [4.78, 5) is 28.7. The lowest BCUT2D eigenvalue weighted by Crippen LogP contribution is -2.26. The van der Waals surface area contributed by atoms with Gasteiger partial charge in [0.05, 0.1) is 0 Å². The van der Waals surface area contributed by atoms with Crippen LogP contribution >= 0.6 is 0 Å². The number of benzene rings is 1. The second-order valence-corrected chi connectivity index (χ2v) is 5.60. The lowest BCUT2D eigenvalue weighted by molar-refractivity contribution is -0.126. The van der Waals surface area contributed by atoms with Crippen LogP contribution in [-0.2, 0) is 14.4 Å². The van der Waals surface area contributed by atoms with Crippen LogP contribution in [0.2, 0.25) is 0 Å². The van der Waals surface area contributed by atoms with Crippen LogP contribution in [0, 0.1) is 20.8 Å². The molecule has 0 radical (unpaired) electrons. The molecule has 0 bridgehead atoms. The fourth-order valence-corrected chi connectivity index (χ4v) is 1.99. The van der Waals surface area contributed by atoms with Gasteiger partial charge in [-0.15, -0.1) is 0 Å². The van der Waals surface area contributed by atoms with Crippen LogP contribution in [0.3, 0.4) is 0 Å². The Morgan fingerprint density at radius 3 is 2.64 bits per heavy atom. The molecular weight excluding hydrogens is 324 g/mol. The second-order valence-electron chi connectivity index (χ2n) is 5.60. The van der Waals surface area contributed by atoms with E-state index >= 15 is 0 Å². The summed E-state index contributed by atoms with van der Waals surface area (Å²) in [5.41, 5.74) is 2.74. The summed E-state index contributed by atoms with van der Waals surface area (Å²) < 4.78 is 4.84. The predicted octanol–water partition coefficient (Wildman–Crippen LogP) is 2.57. The summed E-state index contributed by atoms with van der Waals surface area (Å²) in [5.74, 6) is -0.0496. The first-order valence-electron chi connectivity index (χ1n) is 7.67. The van der Waals surface area contributed by atoms with E-state index in [1.807, 2.05) is 32.0 Å². The molecule has 8 nitrogen and oxygen atoms in total. The molecule has 1 aromatic heterocycles. The van der Waals surface area contributed by atoms with Gasteiger partial charge in [0.1, 0.15) is 12.0 Å². The van der Waals surface area contributed by atoms with Gasteiger partial charge in [0, 0.05) is 11.8 Å². The van der Waals surface area contributed by atoms with E-state index in [-0.39, 0.29) is 5.82 Å². The number of hydrogen-bond acceptors (Lipinski definition) is 6. The topological polar surface area (TPSA) is 106 Å². The molecule has 8 heteroatoms. The molecule has 0 saturated carbocycles. The third-order valence-corrected chi connectivity index (χ3v) is 3.28. The van der Waals surface area contributed by atoms with Crippen molar-refractivity contribution >= 4 is 29.5 Å². The molecule has 0 aliphatic heterocycles. The summed E-state index contributed by atoms with van der Waals surface area (Å²) in [6.45, 7) is 7.08. The maximum absolute atomic E-state index is 11.9. The van der Waals surface area contributed by atoms with Gasteiger partial charge < -0.3 is 20.0 Å². The van der Waals surface area contributed by atoms with Crippen LogP contribution < -0.4 is 10.6 Å². The summed E-state index contributed by atoms with van der Waals surface area (Å²) in [6.07, 6.45) is 0.0748. The molecular formula is C17H20N4O4. The maximum atomic E-state index is 11.9. The lowest BCUT2D eigenvalue weighted by Gasteiger charge is -2.09. The van der Waals surface area contributed by atoms with Crippen molar-refractivity contribution in [3.8, 4) is 0 Å². The Morgan fingerprint density at radius 1 is 1.24 bits per heavy atom. The summed E-state index contributed by atoms with van der Waals surface area (Å²) in [6, 6.07) is 7.24. The van der Waals surface area contributed by atoms with E-state index in [0.717, 1.165) is 17.3 Å². The van der Waals surface area contributed by atoms with Gasteiger partial charge in [0.25, 0.3) is 11.8 Å². The molecule has 1 atom stereocenters. The van der Waals surface area contributed by atoms with Crippen molar-refractivity contribution in [2.75, 3.05) is 10.6 Å². The van der Waals surface area contributed by atoms with Gasteiger partial charge in [-0.3, -0.25) is 9.59 Å². The molecule has 2 N–H and O–H groups in total. The monoisotopic (exact) mass is 344 g/mol. The van der Waals surface area contributed by atoms with Crippen LogP contribution in [0.25, 0.3) is 0 Å². The molecule has 1 unspecified atom stereocenters. The smallest absolute Gasteiger partial charge is 0.270 e. The number of amides is 2. The molecule has 1 heterocycles. The fraction of sp³-hybridized carbons (Fsp3) is 0.294. The van der Waals surface area contributed by atoms with Crippen LogP contribution in [0.15, 0.2) is 33.9 Å². The molecule has 0 aliphatic rings. The standard InChI is InChI=1S/C17H20N4O4/c1-10-5-6-14(11(2)7-10)19-16(22)9-18-25-13(4)17(23)20-15-8-12(3)24-21-15/h5-9,13H,1-4H3,(H,19,22)(H,20,21,23)/b18-9+. The molecule has 132 valence electrons. The van der Waals surface area contributed by atoms with Crippen LogP contribution in [0.1, 0.15) is 23.8 Å². The van der Waals surface area contributed by atoms with Gasteiger partial charge in [-0.2, -0.15) is 0 Å². The van der Waals surface area contributed by atoms with E-state index in [9.17, 15) is 9.59 Å². The molecule has 0 fully saturated rings. The Labute approximate surface area is 145 Å². The van der Waals surface area contributed by atoms with Crippen molar-refractivity contribution in [2.24, 2.45) is 5.16 Å². The first-order chi connectivity index (χ1) is 11.8. The van der Waals surface area contributed by atoms with Gasteiger partial charge in [-0.05, 0) is 39.3 Å². The quantitative estimate of drug-likeness (QED) is 0.619. The number of aromatic nitrogens is 1. The summed E-state index contributed by atoms with van der Waals surface area (Å²) >= 11 is 0. The second kappa shape index (κ2) is 8.09. The zero-order valence-electron chi connectivity index (χ0n) is 14.5. The van der Waals surface area contributed by atoms with Crippen molar-refractivity contribution in [1.82, 2.24) is 5.16 Å². The van der Waals surface area contributed by atoms with E-state index in [1.165, 1.54) is 6.92 Å². The zero-order chi connectivity index (χ0) is 18.4. The number of rotatable bonds is 6. The number of aryl methyl sites for hydroxylation is 3. The van der Waals surface area contributed by atoms with Gasteiger partial charge >= 0.3 is 0 Å². The Kier molecular flexibility index (Phi) is 5.89. The summed E-state index contributed by atoms with van der Waals surface area (Å²) in [5, 5.41) is 12.4. The van der Waals surface area contributed by atoms with E-state index in [1.54, 1.807) is 13.0 Å². The van der Waals surface area contributed by atoms with E-state index in [0.29, 0.717) is 11.4 Å². The van der Waals surface area contributed by atoms with Gasteiger partial charge in [0.15, 0.2) is 5.82 Å². The molecule has 2 rings (SSSR count). The lowest BCUT2D eigenvalue weighted by atomic mass is 10.1. The Morgan fingerprint density at radius 2 is 2.00 bits per heavy atom. The SMILES string of the molecule is Cc1ccc(NC(=O)/C=N/OC(C)C(=O)Nc2cc(C)on2)c(C)c1. The van der Waals surface area contributed by atoms with Gasteiger partial charge in [0.2, 0.25) is 6.10 Å². The Balaban J connectivity index is 1.82. The summed E-state index contributed by atoms with van der Waals surface area (Å²) in [7, 11) is 0. The highest BCUT2D eigenvalue weighted by molar-refractivity contribution is 6.31. The number of hydrogen-bond donors (Lipinski definition) is 2. The molecule has 2 aromatic rings. The molecule has 0 saturated heterocycles. The molecule has 0 aliphatic carbocycles. The van der Waals surface area contributed by atoms with E-state index in [4.69, 9.17) is 9.36 Å². The van der Waals surface area contributed by atoms with Crippen molar-refractivity contribution < 1.29 is 18.9 Å². The first kappa shape index (κ1) is 18.2. The average Bonchev–Trinajstić information content (AvgIpc) is 2.95. The van der Waals surface area contributed by atoms with Crippen molar-refractivity contribution in [1.29, 1.82) is 0 Å². The third-order valence-electron chi connectivity index (χ3n) is 3.28. The molecule has 1 aromatic carbocycles. The number of anilines is 2. The van der Waals surface area contributed by atoms with Crippen LogP contribution in [0.5, 0.6) is 0 Å². The number of oxime groups is 1. The highest BCUT2D eigenvalue weighted by Crippen LogP contribution is 2.15. The Bertz CT molecular complexity index is 798. The Hall–Kier alpha value is -3.16. The van der Waals surface area contributed by atoms with Gasteiger partial charge in [-0.25, -0.2) is 0 Å². The number of nitrogens with zero attached hydrogens (tertiary/aromatic N) is 2. The first-order valence-corrected chi connectivity index (χ1v) is 7.67. The minimum Gasteiger partial charge on any atom is -0.383 e. The van der Waals surface area contributed by atoms with Crippen LogP contribution in [0.4, 0.5) is 11.5 Å².